The summed E-state index contributed by atoms with van der Waals surface area (Å²) in [4.78, 5) is 47.6. The number of thiol groups is 1. The van der Waals surface area contributed by atoms with Gasteiger partial charge in [0.25, 0.3) is 11.9 Å². The fourth-order valence-corrected chi connectivity index (χ4v) is 6.30. The van der Waals surface area contributed by atoms with Gasteiger partial charge >= 0.3 is 5.97 Å². The van der Waals surface area contributed by atoms with Crippen LogP contribution >= 0.6 is 12.6 Å². The number of nitrogens with zero attached hydrogens (tertiary/aromatic N) is 1. The third kappa shape index (κ3) is 6.77. The number of rotatable bonds is 11. The molecule has 2 aromatic rings. The third-order valence-corrected chi connectivity index (χ3v) is 8.95. The van der Waals surface area contributed by atoms with E-state index in [1.165, 1.54) is 6.08 Å². The summed E-state index contributed by atoms with van der Waals surface area (Å²) in [6.07, 6.45) is 8.51. The maximum Gasteiger partial charge on any atom is 0.303 e. The molecule has 1 unspecified atom stereocenters. The average molecular weight is 621 g/mol. The normalized spacial score (nSPS) is 21.1. The van der Waals surface area contributed by atoms with Crippen molar-refractivity contribution in [2.75, 3.05) is 0 Å². The number of aliphatic imine (C=N–C) groups is 1. The fourth-order valence-electron chi connectivity index (χ4n) is 6.10. The topological polar surface area (TPSA) is 168 Å². The predicted octanol–water partition coefficient (Wildman–Crippen LogP) is 3.53. The SMILES string of the molecule is CCC1=C(C)C(Cc2[nH]c(/C=c3\[nH]/c(=C\C4NC(=O)[C@H](C)[C@H]4/C=C/S)c(C)c3CCC(=O)O)c(CC=C(O)O)c2C)=NC1=O. The Bertz CT molecular complexity index is 1740. The van der Waals surface area contributed by atoms with Gasteiger partial charge in [0.15, 0.2) is 0 Å². The van der Waals surface area contributed by atoms with Gasteiger partial charge in [-0.05, 0) is 85.4 Å². The number of carboxylic acid groups (broad SMARTS) is 1. The standard InChI is InChI=1S/C33H40N4O6S/c1-6-20-16(2)26(36-33(20)43)13-24-17(3)21(7-9-30(38)39)27(34-24)15-28-22(8-10-31(40)41)18(4)25(35-28)14-29-23(11-12-44)19(5)32(42)37-29/h9,11-12,14-15,19,23,29,34-35,38-39,44H,6-8,10,13H2,1-5H3,(H,37,42)(H,40,41)/b12-11+,25-14-,28-15-/t19-,23-,29?/m1/s1. The van der Waals surface area contributed by atoms with Gasteiger partial charge in [0.1, 0.15) is 0 Å². The summed E-state index contributed by atoms with van der Waals surface area (Å²) in [7, 11) is 0. The number of hydrogen-bond donors (Lipinski definition) is 7. The molecule has 0 saturated carbocycles. The first-order valence-electron chi connectivity index (χ1n) is 14.7. The van der Waals surface area contributed by atoms with E-state index in [9.17, 15) is 29.7 Å². The number of aliphatic hydroxyl groups is 2. The van der Waals surface area contributed by atoms with Crippen LogP contribution in [-0.2, 0) is 33.6 Å². The number of aliphatic carboxylic acids is 1. The average Bonchev–Trinajstić information content (AvgIpc) is 3.60. The fraction of sp³-hybridized carbons (Fsp3) is 0.394. The van der Waals surface area contributed by atoms with E-state index < -0.39 is 11.9 Å². The molecule has 0 aliphatic carbocycles. The summed E-state index contributed by atoms with van der Waals surface area (Å²) >= 11 is 4.21. The first-order chi connectivity index (χ1) is 20.9. The summed E-state index contributed by atoms with van der Waals surface area (Å²) in [5.74, 6) is -2.28. The van der Waals surface area contributed by atoms with Gasteiger partial charge in [0, 0.05) is 58.4 Å². The van der Waals surface area contributed by atoms with Crippen LogP contribution in [0, 0.1) is 25.7 Å². The number of H-pyrrole nitrogens is 2. The Balaban J connectivity index is 1.86. The number of aliphatic hydroxyl groups excluding tert-OH is 1. The number of carboxylic acids is 1. The molecular weight excluding hydrogens is 580 g/mol. The lowest BCUT2D eigenvalue weighted by atomic mass is 9.91. The van der Waals surface area contributed by atoms with Crippen molar-refractivity contribution in [1.29, 1.82) is 0 Å². The van der Waals surface area contributed by atoms with E-state index in [1.807, 2.05) is 52.8 Å². The molecule has 4 rings (SSSR count). The van der Waals surface area contributed by atoms with Crippen LogP contribution in [0.1, 0.15) is 67.3 Å². The number of hydrogen-bond acceptors (Lipinski definition) is 6. The number of carbonyl (C=O) groups is 3. The Morgan fingerprint density at radius 1 is 1.05 bits per heavy atom. The van der Waals surface area contributed by atoms with Crippen LogP contribution in [0.2, 0.25) is 0 Å². The zero-order valence-corrected chi connectivity index (χ0v) is 26.5. The van der Waals surface area contributed by atoms with E-state index in [4.69, 9.17) is 0 Å². The molecule has 4 heterocycles. The van der Waals surface area contributed by atoms with E-state index in [2.05, 4.69) is 32.9 Å². The van der Waals surface area contributed by atoms with Gasteiger partial charge < -0.3 is 30.6 Å². The van der Waals surface area contributed by atoms with Crippen LogP contribution < -0.4 is 16.0 Å². The molecule has 0 bridgehead atoms. The molecule has 6 N–H and O–H groups in total. The monoisotopic (exact) mass is 620 g/mol. The summed E-state index contributed by atoms with van der Waals surface area (Å²) in [5, 5.41) is 34.6. The molecule has 0 radical (unpaired) electrons. The van der Waals surface area contributed by atoms with Gasteiger partial charge in [-0.15, -0.1) is 0 Å². The summed E-state index contributed by atoms with van der Waals surface area (Å²) in [5.41, 5.74) is 7.25. The number of nitrogens with one attached hydrogen (secondary N) is 3. The minimum atomic E-state index is -0.915. The van der Waals surface area contributed by atoms with Gasteiger partial charge in [-0.25, -0.2) is 4.99 Å². The molecule has 10 nitrogen and oxygen atoms in total. The minimum absolute atomic E-state index is 0.0475. The summed E-state index contributed by atoms with van der Waals surface area (Å²) < 4.78 is 0. The zero-order valence-electron chi connectivity index (χ0n) is 25.6. The maximum atomic E-state index is 12.5. The van der Waals surface area contributed by atoms with E-state index in [1.54, 1.807) is 5.41 Å². The Labute approximate surface area is 261 Å². The number of aromatic nitrogens is 2. The smallest absolute Gasteiger partial charge is 0.303 e. The van der Waals surface area contributed by atoms with Gasteiger partial charge in [-0.1, -0.05) is 19.9 Å². The lowest BCUT2D eigenvalue weighted by molar-refractivity contribution is -0.137. The Kier molecular flexibility index (Phi) is 10.1. The second kappa shape index (κ2) is 13.6. The lowest BCUT2D eigenvalue weighted by Gasteiger charge is -2.13. The highest BCUT2D eigenvalue weighted by Gasteiger charge is 2.36. The molecule has 2 aliphatic heterocycles. The van der Waals surface area contributed by atoms with Gasteiger partial charge in [-0.3, -0.25) is 14.4 Å². The van der Waals surface area contributed by atoms with Gasteiger partial charge in [0.05, 0.1) is 11.8 Å². The Morgan fingerprint density at radius 3 is 2.39 bits per heavy atom. The highest BCUT2D eigenvalue weighted by Crippen LogP contribution is 2.27. The molecule has 0 spiro atoms. The minimum Gasteiger partial charge on any atom is -0.481 e. The largest absolute Gasteiger partial charge is 0.481 e. The molecule has 1 fully saturated rings. The molecule has 2 aliphatic rings. The molecule has 3 atom stereocenters. The summed E-state index contributed by atoms with van der Waals surface area (Å²) in [6.45, 7) is 9.56. The number of allylic oxidation sites excluding steroid dienone is 2. The van der Waals surface area contributed by atoms with Crippen molar-refractivity contribution in [3.05, 3.63) is 79.0 Å². The van der Waals surface area contributed by atoms with Crippen LogP contribution in [0.5, 0.6) is 0 Å². The number of carbonyl (C=O) groups excluding carboxylic acids is 2. The first-order valence-corrected chi connectivity index (χ1v) is 15.2. The molecule has 2 aromatic heterocycles. The van der Waals surface area contributed by atoms with Crippen LogP contribution in [0.25, 0.3) is 12.2 Å². The van der Waals surface area contributed by atoms with Gasteiger partial charge in [0.2, 0.25) is 5.91 Å². The molecule has 2 amide bonds. The number of aromatic amines is 2. The van der Waals surface area contributed by atoms with E-state index in [0.717, 1.165) is 38.9 Å². The lowest BCUT2D eigenvalue weighted by Crippen LogP contribution is -2.29. The van der Waals surface area contributed by atoms with Crippen molar-refractivity contribution in [3.63, 3.8) is 0 Å². The van der Waals surface area contributed by atoms with Crippen molar-refractivity contribution in [2.45, 2.75) is 72.8 Å². The molecule has 0 aromatic carbocycles. The van der Waals surface area contributed by atoms with Crippen LogP contribution in [0.4, 0.5) is 0 Å². The molecule has 44 heavy (non-hydrogen) atoms. The molecule has 11 heteroatoms. The Hall–Kier alpha value is -4.25. The highest BCUT2D eigenvalue weighted by atomic mass is 32.1. The van der Waals surface area contributed by atoms with Crippen molar-refractivity contribution >= 4 is 48.3 Å². The molecule has 1 saturated heterocycles. The quantitative estimate of drug-likeness (QED) is 0.150. The second-order valence-electron chi connectivity index (χ2n) is 11.4. The van der Waals surface area contributed by atoms with Crippen molar-refractivity contribution in [1.82, 2.24) is 15.3 Å². The zero-order chi connectivity index (χ0) is 32.3. The van der Waals surface area contributed by atoms with E-state index in [-0.39, 0.29) is 49.0 Å². The van der Waals surface area contributed by atoms with Crippen molar-refractivity contribution in [2.24, 2.45) is 16.8 Å². The first kappa shape index (κ1) is 32.7. The van der Waals surface area contributed by atoms with Gasteiger partial charge in [-0.2, -0.15) is 12.6 Å². The molecule has 234 valence electrons. The van der Waals surface area contributed by atoms with E-state index in [0.29, 0.717) is 35.2 Å². The van der Waals surface area contributed by atoms with Crippen molar-refractivity contribution < 1.29 is 29.7 Å². The number of amides is 2. The third-order valence-electron chi connectivity index (χ3n) is 8.78. The predicted molar refractivity (Wildman–Crippen MR) is 173 cm³/mol. The van der Waals surface area contributed by atoms with Crippen LogP contribution in [0.3, 0.4) is 0 Å². The maximum absolute atomic E-state index is 12.5. The van der Waals surface area contributed by atoms with Crippen LogP contribution in [0.15, 0.2) is 39.6 Å². The van der Waals surface area contributed by atoms with E-state index >= 15 is 0 Å². The Morgan fingerprint density at radius 2 is 1.77 bits per heavy atom. The van der Waals surface area contributed by atoms with Crippen molar-refractivity contribution in [3.8, 4) is 0 Å². The summed E-state index contributed by atoms with van der Waals surface area (Å²) in [6, 6.07) is -0.273. The second-order valence-corrected chi connectivity index (χ2v) is 11.7. The molecular formula is C33H40N4O6S. The highest BCUT2D eigenvalue weighted by molar-refractivity contribution is 7.83. The van der Waals surface area contributed by atoms with Crippen LogP contribution in [-0.4, -0.2) is 54.8 Å².